The molecule has 2 nitrogen and oxygen atoms in total. The molecule has 0 bridgehead atoms. The monoisotopic (exact) mass is 296 g/mol. The molecule has 20 heavy (non-hydrogen) atoms. The number of halogens is 4. The molecule has 0 amide bonds. The third-order valence-electron chi connectivity index (χ3n) is 2.97. The lowest BCUT2D eigenvalue weighted by atomic mass is 10.1. The maximum Gasteiger partial charge on any atom is 0.418 e. The summed E-state index contributed by atoms with van der Waals surface area (Å²) < 4.78 is 40.6. The van der Waals surface area contributed by atoms with Crippen LogP contribution < -0.4 is 0 Å². The van der Waals surface area contributed by atoms with E-state index < -0.39 is 11.7 Å². The van der Waals surface area contributed by atoms with Crippen LogP contribution in [0, 0.1) is 0 Å². The summed E-state index contributed by atoms with van der Waals surface area (Å²) in [6, 6.07) is 10.4. The molecule has 6 heteroatoms. The van der Waals surface area contributed by atoms with Crippen LogP contribution in [0.3, 0.4) is 0 Å². The maximum absolute atomic E-state index is 13.1. The molecule has 3 rings (SSSR count). The van der Waals surface area contributed by atoms with Crippen LogP contribution in [0.4, 0.5) is 13.2 Å². The van der Waals surface area contributed by atoms with E-state index in [1.54, 1.807) is 30.5 Å². The van der Waals surface area contributed by atoms with Crippen molar-refractivity contribution in [2.24, 2.45) is 0 Å². The molecule has 0 fully saturated rings. The molecule has 0 atom stereocenters. The van der Waals surface area contributed by atoms with Gasteiger partial charge in [-0.15, -0.1) is 0 Å². The van der Waals surface area contributed by atoms with Gasteiger partial charge in [0.2, 0.25) is 0 Å². The van der Waals surface area contributed by atoms with E-state index in [1.807, 2.05) is 0 Å². The van der Waals surface area contributed by atoms with Crippen LogP contribution in [-0.4, -0.2) is 9.55 Å². The van der Waals surface area contributed by atoms with Gasteiger partial charge in [0.1, 0.15) is 10.8 Å². The summed E-state index contributed by atoms with van der Waals surface area (Å²) in [5.41, 5.74) is -0.279. The van der Waals surface area contributed by atoms with Gasteiger partial charge in [0.25, 0.3) is 0 Å². The fourth-order valence-corrected chi connectivity index (χ4v) is 2.25. The lowest BCUT2D eigenvalue weighted by molar-refractivity contribution is -0.137. The molecule has 0 N–H and O–H groups in total. The van der Waals surface area contributed by atoms with Crippen molar-refractivity contribution in [2.75, 3.05) is 0 Å². The minimum atomic E-state index is -4.42. The second-order valence-corrected chi connectivity index (χ2v) is 4.63. The minimum absolute atomic E-state index is 0.0322. The number of alkyl halides is 3. The van der Waals surface area contributed by atoms with Gasteiger partial charge < -0.3 is 4.57 Å². The second-order valence-electron chi connectivity index (χ2n) is 4.25. The Morgan fingerprint density at radius 3 is 2.50 bits per heavy atom. The van der Waals surface area contributed by atoms with Gasteiger partial charge in [0, 0.05) is 11.6 Å². The molecule has 0 aliphatic rings. The summed E-state index contributed by atoms with van der Waals surface area (Å²) >= 11 is 5.82. The molecule has 2 heterocycles. The van der Waals surface area contributed by atoms with Gasteiger partial charge in [0.05, 0.1) is 11.3 Å². The summed E-state index contributed by atoms with van der Waals surface area (Å²) in [7, 11) is 0. The topological polar surface area (TPSA) is 17.8 Å². The highest BCUT2D eigenvalue weighted by atomic mass is 35.5. The summed E-state index contributed by atoms with van der Waals surface area (Å²) in [5.74, 6) is 0. The van der Waals surface area contributed by atoms with E-state index in [0.29, 0.717) is 5.65 Å². The summed E-state index contributed by atoms with van der Waals surface area (Å²) in [6.07, 6.45) is -2.87. The van der Waals surface area contributed by atoms with Crippen molar-refractivity contribution >= 4 is 22.6 Å². The molecule has 0 saturated heterocycles. The van der Waals surface area contributed by atoms with E-state index in [2.05, 4.69) is 4.98 Å². The molecule has 2 aromatic heterocycles. The van der Waals surface area contributed by atoms with E-state index in [1.165, 1.54) is 16.7 Å². The van der Waals surface area contributed by atoms with Crippen LogP contribution in [0.5, 0.6) is 0 Å². The Labute approximate surface area is 117 Å². The van der Waals surface area contributed by atoms with Crippen molar-refractivity contribution in [3.63, 3.8) is 0 Å². The zero-order chi connectivity index (χ0) is 14.3. The molecule has 0 spiro atoms. The smallest absolute Gasteiger partial charge is 0.301 e. The number of hydrogen-bond acceptors (Lipinski definition) is 1. The predicted octanol–water partition coefficient (Wildman–Crippen LogP) is 4.70. The first-order valence-electron chi connectivity index (χ1n) is 5.77. The molecule has 0 aliphatic carbocycles. The predicted molar refractivity (Wildman–Crippen MR) is 71.1 cm³/mol. The average Bonchev–Trinajstić information content (AvgIpc) is 2.80. The molecule has 102 valence electrons. The first kappa shape index (κ1) is 13.0. The number of pyridine rings is 1. The summed E-state index contributed by atoms with van der Waals surface area (Å²) in [6.45, 7) is 0. The number of fused-ring (bicyclic) bond motifs is 1. The van der Waals surface area contributed by atoms with Crippen molar-refractivity contribution in [2.45, 2.75) is 6.18 Å². The van der Waals surface area contributed by atoms with Crippen molar-refractivity contribution in [1.82, 2.24) is 9.55 Å². The highest BCUT2D eigenvalue weighted by Gasteiger charge is 2.33. The normalized spacial score (nSPS) is 12.0. The van der Waals surface area contributed by atoms with Crippen LogP contribution >= 0.6 is 11.6 Å². The maximum atomic E-state index is 13.1. The SMILES string of the molecule is FC(F)(F)c1ccccc1-n1ccc2ccc(Cl)nc21. The number of para-hydroxylation sites is 1. The molecule has 0 saturated carbocycles. The van der Waals surface area contributed by atoms with E-state index >= 15 is 0 Å². The molecule has 0 unspecified atom stereocenters. The van der Waals surface area contributed by atoms with Crippen LogP contribution in [0.1, 0.15) is 5.56 Å². The van der Waals surface area contributed by atoms with Crippen molar-refractivity contribution < 1.29 is 13.2 Å². The quantitative estimate of drug-likeness (QED) is 0.595. The molecule has 0 aliphatic heterocycles. The van der Waals surface area contributed by atoms with E-state index in [0.717, 1.165) is 11.5 Å². The summed E-state index contributed by atoms with van der Waals surface area (Å²) in [4.78, 5) is 4.10. The highest BCUT2D eigenvalue weighted by molar-refractivity contribution is 6.29. The number of rotatable bonds is 1. The number of aromatic nitrogens is 2. The van der Waals surface area contributed by atoms with Gasteiger partial charge in [-0.2, -0.15) is 13.2 Å². The minimum Gasteiger partial charge on any atom is -0.301 e. The Kier molecular flexibility index (Phi) is 2.94. The first-order valence-corrected chi connectivity index (χ1v) is 6.15. The lowest BCUT2D eigenvalue weighted by Crippen LogP contribution is -2.10. The summed E-state index contributed by atoms with van der Waals surface area (Å²) in [5, 5.41) is 0.966. The zero-order valence-corrected chi connectivity index (χ0v) is 10.8. The van der Waals surface area contributed by atoms with Gasteiger partial charge in [-0.1, -0.05) is 23.7 Å². The number of nitrogens with zero attached hydrogens (tertiary/aromatic N) is 2. The Hall–Kier alpha value is -2.01. The fraction of sp³-hybridized carbons (Fsp3) is 0.0714. The molecular weight excluding hydrogens is 289 g/mol. The third kappa shape index (κ3) is 2.14. The van der Waals surface area contributed by atoms with E-state index in [-0.39, 0.29) is 10.8 Å². The Morgan fingerprint density at radius 2 is 1.75 bits per heavy atom. The molecule has 1 aromatic carbocycles. The van der Waals surface area contributed by atoms with Gasteiger partial charge in [-0.3, -0.25) is 0 Å². The largest absolute Gasteiger partial charge is 0.418 e. The number of benzene rings is 1. The lowest BCUT2D eigenvalue weighted by Gasteiger charge is -2.14. The molecule has 3 aromatic rings. The standard InChI is InChI=1S/C14H8ClF3N2/c15-12-6-5-9-7-8-20(13(9)19-12)11-4-2-1-3-10(11)14(16,17)18/h1-8H. The number of hydrogen-bond donors (Lipinski definition) is 0. The van der Waals surface area contributed by atoms with Crippen LogP contribution in [0.15, 0.2) is 48.7 Å². The Morgan fingerprint density at radius 1 is 1.00 bits per heavy atom. The van der Waals surface area contributed by atoms with E-state index in [4.69, 9.17) is 11.6 Å². The van der Waals surface area contributed by atoms with Crippen molar-refractivity contribution in [3.05, 3.63) is 59.4 Å². The van der Waals surface area contributed by atoms with Gasteiger partial charge in [-0.05, 0) is 30.3 Å². The van der Waals surface area contributed by atoms with Crippen LogP contribution in [0.25, 0.3) is 16.7 Å². The van der Waals surface area contributed by atoms with Crippen LogP contribution in [-0.2, 0) is 6.18 Å². The van der Waals surface area contributed by atoms with Gasteiger partial charge >= 0.3 is 6.18 Å². The molecule has 0 radical (unpaired) electrons. The van der Waals surface area contributed by atoms with Gasteiger partial charge in [-0.25, -0.2) is 4.98 Å². The van der Waals surface area contributed by atoms with Crippen molar-refractivity contribution in [3.8, 4) is 5.69 Å². The van der Waals surface area contributed by atoms with Crippen molar-refractivity contribution in [1.29, 1.82) is 0 Å². The Balaban J connectivity index is 2.29. The average molecular weight is 297 g/mol. The highest BCUT2D eigenvalue weighted by Crippen LogP contribution is 2.34. The van der Waals surface area contributed by atoms with Gasteiger partial charge in [0.15, 0.2) is 0 Å². The fourth-order valence-electron chi connectivity index (χ4n) is 2.10. The molecular formula is C14H8ClF3N2. The first-order chi connectivity index (χ1) is 9.47. The zero-order valence-electron chi connectivity index (χ0n) is 10.0. The van der Waals surface area contributed by atoms with E-state index in [9.17, 15) is 13.2 Å². The third-order valence-corrected chi connectivity index (χ3v) is 3.18. The van der Waals surface area contributed by atoms with Crippen LogP contribution in [0.2, 0.25) is 5.15 Å². The Bertz CT molecular complexity index is 777. The second kappa shape index (κ2) is 4.52.